The molecule has 2 fully saturated rings. The van der Waals surface area contributed by atoms with Gasteiger partial charge in [-0.15, -0.1) is 0 Å². The molecule has 2 aliphatic rings. The molecule has 1 saturated heterocycles. The summed E-state index contributed by atoms with van der Waals surface area (Å²) in [5.74, 6) is 0.876. The average Bonchev–Trinajstić information content (AvgIpc) is 2.40. The lowest BCUT2D eigenvalue weighted by Crippen LogP contribution is -2.54. The molecule has 0 amide bonds. The van der Waals surface area contributed by atoms with Crippen LogP contribution in [0.3, 0.4) is 0 Å². The maximum atomic E-state index is 3.80. The van der Waals surface area contributed by atoms with Gasteiger partial charge in [0.2, 0.25) is 0 Å². The Morgan fingerprint density at radius 3 is 2.25 bits per heavy atom. The Bertz CT molecular complexity index is 276. The van der Waals surface area contributed by atoms with E-state index in [1.807, 2.05) is 0 Å². The van der Waals surface area contributed by atoms with Gasteiger partial charge in [0, 0.05) is 50.8 Å². The third-order valence-corrected chi connectivity index (χ3v) is 5.27. The topological polar surface area (TPSA) is 18.5 Å². The van der Waals surface area contributed by atoms with Crippen molar-refractivity contribution in [3.63, 3.8) is 0 Å². The van der Waals surface area contributed by atoms with E-state index < -0.39 is 0 Å². The van der Waals surface area contributed by atoms with Crippen LogP contribution in [0, 0.1) is 5.92 Å². The molecule has 1 aliphatic heterocycles. The van der Waals surface area contributed by atoms with Crippen molar-refractivity contribution >= 4 is 0 Å². The maximum Gasteiger partial charge on any atom is 0.0126 e. The van der Waals surface area contributed by atoms with Crippen LogP contribution in [0.15, 0.2) is 0 Å². The summed E-state index contributed by atoms with van der Waals surface area (Å²) in [5.41, 5.74) is 0.335. The van der Waals surface area contributed by atoms with Crippen LogP contribution < -0.4 is 5.32 Å². The van der Waals surface area contributed by atoms with E-state index in [9.17, 15) is 0 Å². The third kappa shape index (κ3) is 4.71. The molecule has 0 bridgehead atoms. The lowest BCUT2D eigenvalue weighted by atomic mass is 9.86. The number of hydrogen-bond acceptors (Lipinski definition) is 3. The highest BCUT2D eigenvalue weighted by Crippen LogP contribution is 2.23. The van der Waals surface area contributed by atoms with Crippen LogP contribution in [0.1, 0.15) is 53.4 Å². The minimum absolute atomic E-state index is 0.335. The molecule has 3 nitrogen and oxygen atoms in total. The predicted molar refractivity (Wildman–Crippen MR) is 87.2 cm³/mol. The zero-order valence-electron chi connectivity index (χ0n) is 14.1. The van der Waals surface area contributed by atoms with Crippen LogP contribution in [0.2, 0.25) is 0 Å². The molecule has 2 unspecified atom stereocenters. The van der Waals surface area contributed by atoms with E-state index in [2.05, 4.69) is 42.8 Å². The van der Waals surface area contributed by atoms with Crippen molar-refractivity contribution in [2.24, 2.45) is 5.92 Å². The summed E-state index contributed by atoms with van der Waals surface area (Å²) in [6, 6.07) is 0.777. The highest BCUT2D eigenvalue weighted by atomic mass is 15.3. The lowest BCUT2D eigenvalue weighted by molar-refractivity contribution is 0.0620. The number of rotatable bonds is 4. The first-order valence-corrected chi connectivity index (χ1v) is 8.67. The quantitative estimate of drug-likeness (QED) is 0.854. The minimum Gasteiger partial charge on any atom is -0.312 e. The van der Waals surface area contributed by atoms with Gasteiger partial charge in [-0.3, -0.25) is 9.80 Å². The molecule has 3 heteroatoms. The van der Waals surface area contributed by atoms with Crippen molar-refractivity contribution in [1.29, 1.82) is 0 Å². The van der Waals surface area contributed by atoms with Crippen LogP contribution >= 0.6 is 0 Å². The second-order valence-electron chi connectivity index (χ2n) is 7.82. The van der Waals surface area contributed by atoms with Gasteiger partial charge in [0.15, 0.2) is 0 Å². The molecular formula is C17H35N3. The van der Waals surface area contributed by atoms with Crippen molar-refractivity contribution in [1.82, 2.24) is 15.1 Å². The van der Waals surface area contributed by atoms with Gasteiger partial charge in [0.05, 0.1) is 0 Å². The minimum atomic E-state index is 0.335. The predicted octanol–water partition coefficient (Wildman–Crippen LogP) is 2.57. The number of piperazine rings is 1. The first-order valence-electron chi connectivity index (χ1n) is 8.67. The average molecular weight is 281 g/mol. The van der Waals surface area contributed by atoms with Crippen LogP contribution in [0.4, 0.5) is 0 Å². The van der Waals surface area contributed by atoms with E-state index in [0.717, 1.165) is 12.0 Å². The van der Waals surface area contributed by atoms with Gasteiger partial charge in [-0.2, -0.15) is 0 Å². The SMILES string of the molecule is CC1CCCCC1NCCN1CCN(C(C)(C)C)CC1. The molecule has 20 heavy (non-hydrogen) atoms. The van der Waals surface area contributed by atoms with E-state index in [0.29, 0.717) is 5.54 Å². The highest BCUT2D eigenvalue weighted by molar-refractivity contribution is 4.83. The second-order valence-corrected chi connectivity index (χ2v) is 7.82. The van der Waals surface area contributed by atoms with E-state index >= 15 is 0 Å². The summed E-state index contributed by atoms with van der Waals surface area (Å²) in [6.07, 6.45) is 5.67. The standard InChI is InChI=1S/C17H35N3/c1-15-7-5-6-8-16(15)18-9-10-19-11-13-20(14-12-19)17(2,3)4/h15-16,18H,5-14H2,1-4H3. The zero-order valence-corrected chi connectivity index (χ0v) is 14.1. The Morgan fingerprint density at radius 2 is 1.65 bits per heavy atom. The van der Waals surface area contributed by atoms with Crippen molar-refractivity contribution in [2.75, 3.05) is 39.3 Å². The van der Waals surface area contributed by atoms with Crippen molar-refractivity contribution in [3.8, 4) is 0 Å². The van der Waals surface area contributed by atoms with Crippen LogP contribution in [0.25, 0.3) is 0 Å². The fraction of sp³-hybridized carbons (Fsp3) is 1.00. The molecule has 118 valence electrons. The first-order chi connectivity index (χ1) is 9.47. The number of nitrogens with one attached hydrogen (secondary N) is 1. The van der Waals surface area contributed by atoms with E-state index in [-0.39, 0.29) is 0 Å². The van der Waals surface area contributed by atoms with Gasteiger partial charge in [-0.05, 0) is 39.5 Å². The van der Waals surface area contributed by atoms with E-state index in [4.69, 9.17) is 0 Å². The zero-order chi connectivity index (χ0) is 14.6. The van der Waals surface area contributed by atoms with E-state index in [1.54, 1.807) is 0 Å². The third-order valence-electron chi connectivity index (χ3n) is 5.27. The molecule has 1 aliphatic carbocycles. The second kappa shape index (κ2) is 7.24. The number of nitrogens with zero attached hydrogens (tertiary/aromatic N) is 2. The molecule has 1 heterocycles. The van der Waals surface area contributed by atoms with Crippen molar-refractivity contribution in [2.45, 2.75) is 65.0 Å². The van der Waals surface area contributed by atoms with Gasteiger partial charge in [0.1, 0.15) is 0 Å². The molecule has 1 saturated carbocycles. The fourth-order valence-corrected chi connectivity index (χ4v) is 3.67. The van der Waals surface area contributed by atoms with Gasteiger partial charge in [-0.25, -0.2) is 0 Å². The number of hydrogen-bond donors (Lipinski definition) is 1. The van der Waals surface area contributed by atoms with Gasteiger partial charge in [-0.1, -0.05) is 19.8 Å². The van der Waals surface area contributed by atoms with Crippen molar-refractivity contribution in [3.05, 3.63) is 0 Å². The molecule has 2 rings (SSSR count). The monoisotopic (exact) mass is 281 g/mol. The van der Waals surface area contributed by atoms with Crippen LogP contribution in [-0.4, -0.2) is 60.6 Å². The van der Waals surface area contributed by atoms with Gasteiger partial charge >= 0.3 is 0 Å². The lowest BCUT2D eigenvalue weighted by Gasteiger charge is -2.42. The summed E-state index contributed by atoms with van der Waals surface area (Å²) in [6.45, 7) is 16.7. The molecule has 0 aromatic rings. The molecule has 0 radical (unpaired) electrons. The van der Waals surface area contributed by atoms with Crippen molar-refractivity contribution < 1.29 is 0 Å². The Labute approximate surface area is 126 Å². The molecule has 1 N–H and O–H groups in total. The highest BCUT2D eigenvalue weighted by Gasteiger charge is 2.26. The van der Waals surface area contributed by atoms with Gasteiger partial charge in [0.25, 0.3) is 0 Å². The Kier molecular flexibility index (Phi) is 5.88. The van der Waals surface area contributed by atoms with E-state index in [1.165, 1.54) is 65.0 Å². The molecule has 0 aromatic heterocycles. The van der Waals surface area contributed by atoms with Crippen LogP contribution in [0.5, 0.6) is 0 Å². The Morgan fingerprint density at radius 1 is 1.00 bits per heavy atom. The Hall–Kier alpha value is -0.120. The molecule has 0 spiro atoms. The summed E-state index contributed by atoms with van der Waals surface area (Å²) in [5, 5.41) is 3.80. The maximum absolute atomic E-state index is 3.80. The summed E-state index contributed by atoms with van der Waals surface area (Å²) in [4.78, 5) is 5.24. The Balaban J connectivity index is 1.61. The molecular weight excluding hydrogens is 246 g/mol. The summed E-state index contributed by atoms with van der Waals surface area (Å²) in [7, 11) is 0. The normalized spacial score (nSPS) is 30.6. The van der Waals surface area contributed by atoms with Gasteiger partial charge < -0.3 is 5.32 Å². The largest absolute Gasteiger partial charge is 0.312 e. The smallest absolute Gasteiger partial charge is 0.0126 e. The summed E-state index contributed by atoms with van der Waals surface area (Å²) >= 11 is 0. The van der Waals surface area contributed by atoms with Crippen LogP contribution in [-0.2, 0) is 0 Å². The first kappa shape index (κ1) is 16.3. The molecule has 2 atom stereocenters. The molecule has 0 aromatic carbocycles. The fourth-order valence-electron chi connectivity index (χ4n) is 3.67. The summed E-state index contributed by atoms with van der Waals surface area (Å²) < 4.78 is 0.